The molecule has 0 aliphatic heterocycles. The lowest BCUT2D eigenvalue weighted by molar-refractivity contribution is -0.118. The Bertz CT molecular complexity index is 1420. The number of hydrazone groups is 1. The Kier molecular flexibility index (Phi) is 8.15. The number of amides is 1. The summed E-state index contributed by atoms with van der Waals surface area (Å²) in [7, 11) is 0. The van der Waals surface area contributed by atoms with E-state index in [9.17, 15) is 4.79 Å². The van der Waals surface area contributed by atoms with Gasteiger partial charge in [0.1, 0.15) is 0 Å². The molecule has 0 bridgehead atoms. The van der Waals surface area contributed by atoms with Crippen LogP contribution in [0.5, 0.6) is 0 Å². The van der Waals surface area contributed by atoms with Gasteiger partial charge in [-0.15, -0.1) is 10.2 Å². The lowest BCUT2D eigenvalue weighted by Crippen LogP contribution is -2.21. The highest BCUT2D eigenvalue weighted by Gasteiger charge is 2.19. The van der Waals surface area contributed by atoms with Crippen LogP contribution in [-0.4, -0.2) is 32.1 Å². The molecule has 37 heavy (non-hydrogen) atoms. The van der Waals surface area contributed by atoms with Crippen molar-refractivity contribution in [3.05, 3.63) is 94.5 Å². The third-order valence-electron chi connectivity index (χ3n) is 5.88. The second kappa shape index (κ2) is 11.3. The number of aryl methyl sites for hydroxylation is 1. The Hall–Kier alpha value is -3.42. The van der Waals surface area contributed by atoms with Gasteiger partial charge in [0.25, 0.3) is 5.91 Å². The molecule has 0 radical (unpaired) electrons. The van der Waals surface area contributed by atoms with E-state index in [1.807, 2.05) is 41.8 Å². The van der Waals surface area contributed by atoms with Crippen molar-refractivity contribution in [3.8, 4) is 17.1 Å². The van der Waals surface area contributed by atoms with Gasteiger partial charge in [0, 0.05) is 21.8 Å². The molecule has 0 fully saturated rings. The topological polar surface area (TPSA) is 72.2 Å². The fourth-order valence-corrected chi connectivity index (χ4v) is 4.74. The van der Waals surface area contributed by atoms with Crippen LogP contribution in [0.1, 0.15) is 44.4 Å². The van der Waals surface area contributed by atoms with Crippen LogP contribution in [-0.2, 0) is 10.2 Å². The van der Waals surface area contributed by atoms with Crippen molar-refractivity contribution in [2.75, 3.05) is 5.75 Å². The van der Waals surface area contributed by atoms with Gasteiger partial charge in [-0.1, -0.05) is 104 Å². The van der Waals surface area contributed by atoms with Gasteiger partial charge in [0.15, 0.2) is 11.0 Å². The van der Waals surface area contributed by atoms with E-state index in [-0.39, 0.29) is 17.1 Å². The Labute approximate surface area is 227 Å². The number of carbonyl (C=O) groups is 1. The van der Waals surface area contributed by atoms with Crippen molar-refractivity contribution >= 4 is 35.0 Å². The van der Waals surface area contributed by atoms with Crippen LogP contribution in [0.2, 0.25) is 5.02 Å². The van der Waals surface area contributed by atoms with Crippen LogP contribution in [0.4, 0.5) is 0 Å². The Morgan fingerprint density at radius 1 is 1.00 bits per heavy atom. The Morgan fingerprint density at radius 2 is 1.68 bits per heavy atom. The van der Waals surface area contributed by atoms with E-state index < -0.39 is 0 Å². The van der Waals surface area contributed by atoms with Gasteiger partial charge in [-0.25, -0.2) is 5.43 Å². The average Bonchev–Trinajstić information content (AvgIpc) is 3.30. The van der Waals surface area contributed by atoms with E-state index in [0.29, 0.717) is 15.9 Å². The minimum Gasteiger partial charge on any atom is -0.272 e. The molecule has 8 heteroatoms. The van der Waals surface area contributed by atoms with E-state index >= 15 is 0 Å². The molecule has 3 aromatic carbocycles. The maximum absolute atomic E-state index is 12.6. The highest BCUT2D eigenvalue weighted by Crippen LogP contribution is 2.30. The van der Waals surface area contributed by atoms with Crippen molar-refractivity contribution in [3.63, 3.8) is 0 Å². The fraction of sp³-hybridized carbons (Fsp3) is 0.241. The van der Waals surface area contributed by atoms with Crippen molar-refractivity contribution < 1.29 is 4.79 Å². The molecule has 1 N–H and O–H groups in total. The number of benzene rings is 3. The summed E-state index contributed by atoms with van der Waals surface area (Å²) in [6, 6.07) is 24.0. The molecule has 1 heterocycles. The maximum atomic E-state index is 12.6. The van der Waals surface area contributed by atoms with Gasteiger partial charge in [-0.3, -0.25) is 9.36 Å². The van der Waals surface area contributed by atoms with Crippen molar-refractivity contribution in [2.24, 2.45) is 5.10 Å². The molecule has 0 aliphatic rings. The normalized spacial score (nSPS) is 12.0. The molecule has 4 rings (SSSR count). The minimum absolute atomic E-state index is 0.0597. The van der Waals surface area contributed by atoms with E-state index in [4.69, 9.17) is 11.6 Å². The quantitative estimate of drug-likeness (QED) is 0.161. The van der Waals surface area contributed by atoms with Gasteiger partial charge >= 0.3 is 0 Å². The number of hydrogen-bond donors (Lipinski definition) is 1. The Morgan fingerprint density at radius 3 is 2.32 bits per heavy atom. The van der Waals surface area contributed by atoms with Crippen molar-refractivity contribution in [1.29, 1.82) is 0 Å². The van der Waals surface area contributed by atoms with Crippen LogP contribution in [0.25, 0.3) is 17.1 Å². The molecule has 0 spiro atoms. The van der Waals surface area contributed by atoms with Gasteiger partial charge in [-0.05, 0) is 43.0 Å². The first-order chi connectivity index (χ1) is 17.6. The molecule has 0 aliphatic carbocycles. The molecular weight excluding hydrogens is 502 g/mol. The number of carbonyl (C=O) groups excluding carboxylic acids is 1. The van der Waals surface area contributed by atoms with Gasteiger partial charge in [-0.2, -0.15) is 5.10 Å². The van der Waals surface area contributed by atoms with Gasteiger partial charge in [0.05, 0.1) is 11.5 Å². The third kappa shape index (κ3) is 6.48. The SMILES string of the molecule is C/C(=N/NC(=O)CSc1nnc(-c2ccc(C(C)(C)C)cc2)n1-c1ccc(C)cc1)c1ccccc1Cl. The number of thioether (sulfide) groups is 1. The fourth-order valence-electron chi connectivity index (χ4n) is 3.72. The number of nitrogens with one attached hydrogen (secondary N) is 1. The predicted molar refractivity (Wildman–Crippen MR) is 153 cm³/mol. The zero-order valence-corrected chi connectivity index (χ0v) is 23.2. The summed E-state index contributed by atoms with van der Waals surface area (Å²) in [6.07, 6.45) is 0. The van der Waals surface area contributed by atoms with Crippen LogP contribution in [0.3, 0.4) is 0 Å². The van der Waals surface area contributed by atoms with E-state index in [1.165, 1.54) is 17.3 Å². The standard InChI is InChI=1S/C29H30ClN5OS/c1-19-10-16-23(17-11-19)35-27(21-12-14-22(15-13-21)29(3,4)5)33-34-28(35)37-18-26(36)32-31-20(2)24-8-6-7-9-25(24)30/h6-17H,18H2,1-5H3,(H,32,36)/b31-20-. The summed E-state index contributed by atoms with van der Waals surface area (Å²) in [5.74, 6) is 0.609. The van der Waals surface area contributed by atoms with E-state index in [0.717, 1.165) is 28.2 Å². The molecule has 1 amide bonds. The number of hydrogen-bond acceptors (Lipinski definition) is 5. The second-order valence-corrected chi connectivity index (χ2v) is 11.2. The number of aromatic nitrogens is 3. The summed E-state index contributed by atoms with van der Waals surface area (Å²) in [6.45, 7) is 10.4. The number of rotatable bonds is 7. The Balaban J connectivity index is 1.56. The molecule has 190 valence electrons. The largest absolute Gasteiger partial charge is 0.272 e. The number of nitrogens with zero attached hydrogens (tertiary/aromatic N) is 4. The van der Waals surface area contributed by atoms with Crippen molar-refractivity contribution in [2.45, 2.75) is 45.2 Å². The molecule has 6 nitrogen and oxygen atoms in total. The summed E-state index contributed by atoms with van der Waals surface area (Å²) < 4.78 is 1.99. The molecule has 0 atom stereocenters. The first-order valence-electron chi connectivity index (χ1n) is 12.0. The highest BCUT2D eigenvalue weighted by atomic mass is 35.5. The molecular formula is C29H30ClN5OS. The van der Waals surface area contributed by atoms with Crippen LogP contribution >= 0.6 is 23.4 Å². The summed E-state index contributed by atoms with van der Waals surface area (Å²) in [5, 5.41) is 14.4. The average molecular weight is 532 g/mol. The third-order valence-corrected chi connectivity index (χ3v) is 7.14. The second-order valence-electron chi connectivity index (χ2n) is 9.81. The monoisotopic (exact) mass is 531 g/mol. The first kappa shape index (κ1) is 26.6. The maximum Gasteiger partial charge on any atom is 0.250 e. The summed E-state index contributed by atoms with van der Waals surface area (Å²) in [4.78, 5) is 12.6. The van der Waals surface area contributed by atoms with E-state index in [1.54, 1.807) is 13.0 Å². The molecule has 1 aromatic heterocycles. The zero-order valence-electron chi connectivity index (χ0n) is 21.6. The van der Waals surface area contributed by atoms with Crippen LogP contribution < -0.4 is 5.43 Å². The van der Waals surface area contributed by atoms with Gasteiger partial charge in [0.2, 0.25) is 0 Å². The van der Waals surface area contributed by atoms with Crippen molar-refractivity contribution in [1.82, 2.24) is 20.2 Å². The zero-order chi connectivity index (χ0) is 26.6. The van der Waals surface area contributed by atoms with Crippen LogP contribution in [0.15, 0.2) is 83.1 Å². The smallest absolute Gasteiger partial charge is 0.250 e. The number of halogens is 1. The molecule has 0 saturated carbocycles. The lowest BCUT2D eigenvalue weighted by atomic mass is 9.87. The first-order valence-corrected chi connectivity index (χ1v) is 13.3. The molecule has 0 unspecified atom stereocenters. The highest BCUT2D eigenvalue weighted by molar-refractivity contribution is 7.99. The van der Waals surface area contributed by atoms with E-state index in [2.05, 4.69) is 77.9 Å². The molecule has 0 saturated heterocycles. The van der Waals surface area contributed by atoms with Crippen LogP contribution in [0, 0.1) is 6.92 Å². The van der Waals surface area contributed by atoms with Gasteiger partial charge < -0.3 is 0 Å². The molecule has 4 aromatic rings. The summed E-state index contributed by atoms with van der Waals surface area (Å²) >= 11 is 7.54. The minimum atomic E-state index is -0.245. The summed E-state index contributed by atoms with van der Waals surface area (Å²) in [5.41, 5.74) is 8.38. The lowest BCUT2D eigenvalue weighted by Gasteiger charge is -2.19. The predicted octanol–water partition coefficient (Wildman–Crippen LogP) is 6.83.